The van der Waals surface area contributed by atoms with Gasteiger partial charge in [-0.3, -0.25) is 0 Å². The molecule has 0 fully saturated rings. The van der Waals surface area contributed by atoms with Gasteiger partial charge in [0.15, 0.2) is 0 Å². The van der Waals surface area contributed by atoms with Gasteiger partial charge in [-0.2, -0.15) is 0 Å². The molecule has 5 heteroatoms. The van der Waals surface area contributed by atoms with Gasteiger partial charge in [-0.15, -0.1) is 0 Å². The molecule has 0 saturated heterocycles. The Bertz CT molecular complexity index is 11.6. The molecule has 0 unspecified atom stereocenters. The summed E-state index contributed by atoms with van der Waals surface area (Å²) >= 11 is 0. The minimum absolute atomic E-state index is 0. The summed E-state index contributed by atoms with van der Waals surface area (Å²) in [4.78, 5) is 0. The molecule has 34 valence electrons. The average molecular weight is 540 g/mol. The van der Waals surface area contributed by atoms with Gasteiger partial charge in [0.1, 0.15) is 0 Å². The van der Waals surface area contributed by atoms with E-state index in [0.717, 1.165) is 0 Å². The molecule has 0 aromatic carbocycles. The summed E-state index contributed by atoms with van der Waals surface area (Å²) < 4.78 is 0. The van der Waals surface area contributed by atoms with E-state index in [9.17, 15) is 0 Å². The second-order valence-corrected chi connectivity index (χ2v) is 0. The van der Waals surface area contributed by atoms with E-state index in [1.54, 1.807) is 0 Å². The standard InChI is InChI=1S/Ir.H2O.Ru.Ta.Ti/h;1H2;;;. The molecule has 0 heterocycles. The fourth-order valence-electron chi connectivity index (χ4n) is 0. The largest absolute Gasteiger partial charge is 0.412 e. The van der Waals surface area contributed by atoms with Crippen LogP contribution in [-0.4, -0.2) is 5.48 Å². The van der Waals surface area contributed by atoms with Gasteiger partial charge in [0.2, 0.25) is 0 Å². The predicted octanol–water partition coefficient (Wildman–Crippen LogP) is -0.835. The molecule has 0 aliphatic rings. The van der Waals surface area contributed by atoms with Gasteiger partial charge in [-0.25, -0.2) is 0 Å². The van der Waals surface area contributed by atoms with Crippen LogP contribution in [0.15, 0.2) is 0 Å². The normalized spacial score (nSPS) is 0. The summed E-state index contributed by atoms with van der Waals surface area (Å²) in [6.07, 6.45) is 0. The van der Waals surface area contributed by atoms with Crippen LogP contribution in [0.3, 0.4) is 0 Å². The van der Waals surface area contributed by atoms with Crippen LogP contribution >= 0.6 is 0 Å². The molecule has 0 bridgehead atoms. The zero-order chi connectivity index (χ0) is 0. The van der Waals surface area contributed by atoms with Crippen LogP contribution in [0, 0.1) is 0 Å². The van der Waals surface area contributed by atoms with Crippen molar-refractivity contribution in [3.8, 4) is 0 Å². The SMILES string of the molecule is O.[Ir].[Ru].[Ta].[Ti]. The monoisotopic (exact) mass is 542 g/mol. The summed E-state index contributed by atoms with van der Waals surface area (Å²) in [5.74, 6) is 0. The molecule has 5 heavy (non-hydrogen) atoms. The Kier molecular flexibility index (Phi) is 285. The van der Waals surface area contributed by atoms with Gasteiger partial charge in [0, 0.05) is 83.7 Å². The maximum absolute atomic E-state index is 0. The first-order chi connectivity index (χ1) is 0. The molecule has 0 rings (SSSR count). The van der Waals surface area contributed by atoms with Crippen LogP contribution in [0.2, 0.25) is 0 Å². The van der Waals surface area contributed by atoms with E-state index in [4.69, 9.17) is 0 Å². The van der Waals surface area contributed by atoms with E-state index in [1.807, 2.05) is 0 Å². The fourth-order valence-corrected chi connectivity index (χ4v) is 0. The van der Waals surface area contributed by atoms with Gasteiger partial charge in [-0.05, 0) is 0 Å². The molecule has 0 aliphatic carbocycles. The summed E-state index contributed by atoms with van der Waals surface area (Å²) in [6.45, 7) is 0. The van der Waals surface area contributed by atoms with Crippen molar-refractivity contribution >= 4 is 0 Å². The molecule has 0 aromatic heterocycles. The first-order valence-corrected chi connectivity index (χ1v) is 0. The van der Waals surface area contributed by atoms with E-state index < -0.39 is 0 Å². The van der Waals surface area contributed by atoms with E-state index >= 15 is 0 Å². The topological polar surface area (TPSA) is 31.5 Å². The van der Waals surface area contributed by atoms with Crippen molar-refractivity contribution < 1.29 is 89.2 Å². The summed E-state index contributed by atoms with van der Waals surface area (Å²) in [5, 5.41) is 0. The van der Waals surface area contributed by atoms with Crippen LogP contribution in [-0.2, 0) is 83.7 Å². The van der Waals surface area contributed by atoms with Crippen molar-refractivity contribution in [2.45, 2.75) is 0 Å². The van der Waals surface area contributed by atoms with E-state index in [1.165, 1.54) is 0 Å². The van der Waals surface area contributed by atoms with Crippen molar-refractivity contribution in [2.24, 2.45) is 0 Å². The second kappa shape index (κ2) is 30.0. The minimum atomic E-state index is 0. The van der Waals surface area contributed by atoms with E-state index in [0.29, 0.717) is 0 Å². The van der Waals surface area contributed by atoms with Crippen LogP contribution in [0.25, 0.3) is 0 Å². The third-order valence-corrected chi connectivity index (χ3v) is 0. The van der Waals surface area contributed by atoms with Gasteiger partial charge < -0.3 is 5.48 Å². The van der Waals surface area contributed by atoms with Crippen molar-refractivity contribution in [1.29, 1.82) is 0 Å². The first-order valence-electron chi connectivity index (χ1n) is 0. The van der Waals surface area contributed by atoms with Gasteiger partial charge in [-0.1, -0.05) is 0 Å². The van der Waals surface area contributed by atoms with Crippen LogP contribution in [0.5, 0.6) is 0 Å². The first kappa shape index (κ1) is 47.6. The van der Waals surface area contributed by atoms with E-state index in [-0.39, 0.29) is 89.2 Å². The molecule has 0 aromatic rings. The second-order valence-electron chi connectivity index (χ2n) is 0. The van der Waals surface area contributed by atoms with Crippen molar-refractivity contribution in [1.82, 2.24) is 0 Å². The number of hydrogen-bond donors (Lipinski definition) is 0. The van der Waals surface area contributed by atoms with Crippen molar-refractivity contribution in [3.05, 3.63) is 0 Å². The maximum Gasteiger partial charge on any atom is 0 e. The van der Waals surface area contributed by atoms with Gasteiger partial charge in [0.05, 0.1) is 0 Å². The molecule has 2 radical (unpaired) electrons. The van der Waals surface area contributed by atoms with Gasteiger partial charge >= 0.3 is 0 Å². The summed E-state index contributed by atoms with van der Waals surface area (Å²) in [6, 6.07) is 0. The Balaban J connectivity index is 0. The third kappa shape index (κ3) is 20.3. The van der Waals surface area contributed by atoms with Gasteiger partial charge in [0.25, 0.3) is 0 Å². The predicted molar refractivity (Wildman–Crippen MR) is 3.61 cm³/mol. The van der Waals surface area contributed by atoms with Crippen LogP contribution < -0.4 is 0 Å². The smallest absolute Gasteiger partial charge is 0 e. The van der Waals surface area contributed by atoms with Crippen LogP contribution in [0.1, 0.15) is 0 Å². The third-order valence-electron chi connectivity index (χ3n) is 0. The van der Waals surface area contributed by atoms with E-state index in [2.05, 4.69) is 0 Å². The molecule has 0 saturated carbocycles. The Morgan fingerprint density at radius 1 is 1.00 bits per heavy atom. The molecule has 1 nitrogen and oxygen atoms in total. The Hall–Kier alpha value is 2.69. The zero-order valence-corrected chi connectivity index (χ0v) is 11.0. The quantitative estimate of drug-likeness (QED) is 0.360. The maximum atomic E-state index is 0. The molecular formula is H2IrORuTaTi. The summed E-state index contributed by atoms with van der Waals surface area (Å²) in [7, 11) is 0. The zero-order valence-electron chi connectivity index (χ0n) is 2.13. The Morgan fingerprint density at radius 2 is 1.00 bits per heavy atom. The van der Waals surface area contributed by atoms with Crippen molar-refractivity contribution in [2.75, 3.05) is 0 Å². The Morgan fingerprint density at radius 3 is 1.00 bits per heavy atom. The number of rotatable bonds is 0. The molecule has 0 amide bonds. The Labute approximate surface area is 87.9 Å². The molecular weight excluding hydrogens is 538 g/mol. The molecule has 0 aliphatic heterocycles. The van der Waals surface area contributed by atoms with Crippen LogP contribution in [0.4, 0.5) is 0 Å². The molecule has 0 spiro atoms. The average Bonchev–Trinajstić information content (AvgIpc) is 0. The molecule has 0 atom stereocenters. The summed E-state index contributed by atoms with van der Waals surface area (Å²) in [5.41, 5.74) is 0. The fraction of sp³-hybridized carbons (Fsp3) is 0. The minimum Gasteiger partial charge on any atom is -0.412 e. The number of hydrogen-bond acceptors (Lipinski definition) is 0. The molecule has 2 N–H and O–H groups in total. The van der Waals surface area contributed by atoms with Crippen molar-refractivity contribution in [3.63, 3.8) is 0 Å².